The van der Waals surface area contributed by atoms with Gasteiger partial charge in [-0.25, -0.2) is 0 Å². The fourth-order valence-electron chi connectivity index (χ4n) is 0.860. The molecule has 0 aromatic heterocycles. The second-order valence-corrected chi connectivity index (χ2v) is 2.54. The van der Waals surface area contributed by atoms with E-state index in [1.165, 1.54) is 0 Å². The van der Waals surface area contributed by atoms with E-state index in [1.54, 1.807) is 25.2 Å². The highest BCUT2D eigenvalue weighted by Crippen LogP contribution is 2.12. The van der Waals surface area contributed by atoms with Crippen molar-refractivity contribution in [1.82, 2.24) is 0 Å². The quantitative estimate of drug-likeness (QED) is 0.568. The Kier molecular flexibility index (Phi) is 4.70. The third kappa shape index (κ3) is 3.71. The maximum Gasteiger partial charge on any atom is 0.134 e. The van der Waals surface area contributed by atoms with Crippen LogP contribution < -0.4 is 0 Å². The van der Waals surface area contributed by atoms with Crippen LogP contribution in [0, 0.1) is 0 Å². The molecule has 0 rings (SSSR count). The number of carbonyl (C=O) groups excluding carboxylic acids is 1. The van der Waals surface area contributed by atoms with Gasteiger partial charge in [-0.05, 0) is 18.1 Å². The maximum atomic E-state index is 10.7. The van der Waals surface area contributed by atoms with Gasteiger partial charge in [0.15, 0.2) is 0 Å². The minimum Gasteiger partial charge on any atom is -0.300 e. The molecule has 0 amide bonds. The van der Waals surface area contributed by atoms with Gasteiger partial charge in [-0.15, -0.1) is 0 Å². The normalized spacial score (nSPS) is 10.6. The van der Waals surface area contributed by atoms with Crippen molar-refractivity contribution >= 4 is 5.78 Å². The highest BCUT2D eigenvalue weighted by Gasteiger charge is 2.00. The number of hydrogen-bond donors (Lipinski definition) is 0. The van der Waals surface area contributed by atoms with Crippen molar-refractivity contribution in [3.63, 3.8) is 0 Å². The predicted octanol–water partition coefficient (Wildman–Crippen LogP) is 2.82. The first-order valence-electron chi connectivity index (χ1n) is 3.74. The van der Waals surface area contributed by atoms with Gasteiger partial charge in [-0.3, -0.25) is 4.79 Å². The van der Waals surface area contributed by atoms with Gasteiger partial charge in [-0.1, -0.05) is 38.0 Å². The first-order chi connectivity index (χ1) is 5.61. The lowest BCUT2D eigenvalue weighted by Crippen LogP contribution is -1.93. The molecular weight excluding hydrogens is 148 g/mol. The molecule has 12 heavy (non-hydrogen) atoms. The fourth-order valence-corrected chi connectivity index (χ4v) is 0.860. The summed E-state index contributed by atoms with van der Waals surface area (Å²) >= 11 is 0. The van der Waals surface area contributed by atoms with Crippen molar-refractivity contribution in [3.8, 4) is 0 Å². The predicted molar refractivity (Wildman–Crippen MR) is 52.9 cm³/mol. The van der Waals surface area contributed by atoms with Crippen LogP contribution in [-0.2, 0) is 4.79 Å². The number of ketones is 1. The topological polar surface area (TPSA) is 17.1 Å². The average molecular weight is 162 g/mol. The van der Waals surface area contributed by atoms with Crippen LogP contribution in [0.4, 0.5) is 0 Å². The first-order valence-corrected chi connectivity index (χ1v) is 3.74. The Balaban J connectivity index is 4.42. The van der Waals surface area contributed by atoms with Crippen LogP contribution in [0.3, 0.4) is 0 Å². The lowest BCUT2D eigenvalue weighted by atomic mass is 10.0. The van der Waals surface area contributed by atoms with E-state index in [0.717, 1.165) is 11.1 Å². The molecule has 0 atom stereocenters. The SMILES string of the molecule is C=C/C=C(\C=C)C(=C)CC(C)=O. The van der Waals surface area contributed by atoms with Gasteiger partial charge in [0.2, 0.25) is 0 Å². The van der Waals surface area contributed by atoms with Crippen LogP contribution in [0.2, 0.25) is 0 Å². The van der Waals surface area contributed by atoms with Crippen molar-refractivity contribution in [1.29, 1.82) is 0 Å². The molecule has 0 aromatic carbocycles. The van der Waals surface area contributed by atoms with Crippen LogP contribution in [0.1, 0.15) is 13.3 Å². The second kappa shape index (κ2) is 5.30. The first kappa shape index (κ1) is 10.6. The molecule has 0 fully saturated rings. The van der Waals surface area contributed by atoms with Crippen LogP contribution in [-0.4, -0.2) is 5.78 Å². The van der Waals surface area contributed by atoms with E-state index in [-0.39, 0.29) is 5.78 Å². The number of rotatable bonds is 5. The third-order valence-corrected chi connectivity index (χ3v) is 1.39. The summed E-state index contributed by atoms with van der Waals surface area (Å²) in [5.41, 5.74) is 1.66. The van der Waals surface area contributed by atoms with Gasteiger partial charge in [-0.2, -0.15) is 0 Å². The standard InChI is InChI=1S/C11H14O/c1-5-7-11(6-2)9(3)8-10(4)12/h5-7H,1-3,8H2,4H3/b11-7+. The molecule has 0 aliphatic rings. The van der Waals surface area contributed by atoms with E-state index in [9.17, 15) is 4.79 Å². The van der Waals surface area contributed by atoms with Gasteiger partial charge < -0.3 is 0 Å². The summed E-state index contributed by atoms with van der Waals surface area (Å²) in [7, 11) is 0. The van der Waals surface area contributed by atoms with Gasteiger partial charge in [0.1, 0.15) is 5.78 Å². The zero-order valence-corrected chi connectivity index (χ0v) is 7.47. The van der Waals surface area contributed by atoms with Crippen molar-refractivity contribution in [2.75, 3.05) is 0 Å². The Bertz CT molecular complexity index is 244. The molecule has 64 valence electrons. The highest BCUT2D eigenvalue weighted by atomic mass is 16.1. The summed E-state index contributed by atoms with van der Waals surface area (Å²) in [6.07, 6.45) is 5.50. The Morgan fingerprint density at radius 1 is 1.42 bits per heavy atom. The zero-order chi connectivity index (χ0) is 9.56. The number of Topliss-reactive ketones (excluding diaryl/α,β-unsaturated/α-hetero) is 1. The number of allylic oxidation sites excluding steroid dienone is 5. The van der Waals surface area contributed by atoms with Crippen LogP contribution in [0.15, 0.2) is 49.1 Å². The molecule has 0 aromatic rings. The van der Waals surface area contributed by atoms with Gasteiger partial charge in [0, 0.05) is 6.42 Å². The van der Waals surface area contributed by atoms with E-state index in [0.29, 0.717) is 6.42 Å². The molecule has 0 heterocycles. The van der Waals surface area contributed by atoms with Gasteiger partial charge in [0.25, 0.3) is 0 Å². The van der Waals surface area contributed by atoms with E-state index in [1.807, 2.05) is 0 Å². The Morgan fingerprint density at radius 2 is 2.00 bits per heavy atom. The van der Waals surface area contributed by atoms with Gasteiger partial charge >= 0.3 is 0 Å². The van der Waals surface area contributed by atoms with Crippen molar-refractivity contribution in [3.05, 3.63) is 49.1 Å². The number of carbonyl (C=O) groups is 1. The molecule has 0 saturated heterocycles. The maximum absolute atomic E-state index is 10.7. The van der Waals surface area contributed by atoms with Crippen molar-refractivity contribution < 1.29 is 4.79 Å². The molecule has 0 bridgehead atoms. The molecule has 0 radical (unpaired) electrons. The molecule has 0 saturated carbocycles. The molecule has 0 aliphatic carbocycles. The Hall–Kier alpha value is -1.37. The van der Waals surface area contributed by atoms with E-state index in [4.69, 9.17) is 0 Å². The van der Waals surface area contributed by atoms with E-state index < -0.39 is 0 Å². The Morgan fingerprint density at radius 3 is 2.33 bits per heavy atom. The highest BCUT2D eigenvalue weighted by molar-refractivity contribution is 5.79. The molecule has 0 spiro atoms. The Labute approximate surface area is 73.8 Å². The monoisotopic (exact) mass is 162 g/mol. The third-order valence-electron chi connectivity index (χ3n) is 1.39. The molecule has 1 heteroatoms. The molecule has 0 N–H and O–H groups in total. The molecule has 0 aliphatic heterocycles. The summed E-state index contributed by atoms with van der Waals surface area (Å²) in [5, 5.41) is 0. The molecular formula is C11H14O. The molecule has 1 nitrogen and oxygen atoms in total. The summed E-state index contributed by atoms with van der Waals surface area (Å²) in [6.45, 7) is 12.5. The smallest absolute Gasteiger partial charge is 0.134 e. The van der Waals surface area contributed by atoms with Crippen molar-refractivity contribution in [2.45, 2.75) is 13.3 Å². The summed E-state index contributed by atoms with van der Waals surface area (Å²) in [5.74, 6) is 0.108. The van der Waals surface area contributed by atoms with E-state index in [2.05, 4.69) is 19.7 Å². The largest absolute Gasteiger partial charge is 0.300 e. The molecule has 0 unspecified atom stereocenters. The lowest BCUT2D eigenvalue weighted by Gasteiger charge is -2.02. The van der Waals surface area contributed by atoms with Crippen LogP contribution in [0.5, 0.6) is 0 Å². The summed E-state index contributed by atoms with van der Waals surface area (Å²) in [6, 6.07) is 0. The average Bonchev–Trinajstić information content (AvgIpc) is 1.98. The summed E-state index contributed by atoms with van der Waals surface area (Å²) in [4.78, 5) is 10.7. The van der Waals surface area contributed by atoms with Gasteiger partial charge in [0.05, 0.1) is 0 Å². The number of hydrogen-bond acceptors (Lipinski definition) is 1. The summed E-state index contributed by atoms with van der Waals surface area (Å²) < 4.78 is 0. The van der Waals surface area contributed by atoms with Crippen molar-refractivity contribution in [2.24, 2.45) is 0 Å². The fraction of sp³-hybridized carbons (Fsp3) is 0.182. The van der Waals surface area contributed by atoms with Crippen LogP contribution in [0.25, 0.3) is 0 Å². The second-order valence-electron chi connectivity index (χ2n) is 2.54. The lowest BCUT2D eigenvalue weighted by molar-refractivity contribution is -0.116. The minimum absolute atomic E-state index is 0.108. The minimum atomic E-state index is 0.108. The van der Waals surface area contributed by atoms with Crippen LogP contribution >= 0.6 is 0 Å². The van der Waals surface area contributed by atoms with E-state index >= 15 is 0 Å². The zero-order valence-electron chi connectivity index (χ0n) is 7.47.